The maximum absolute atomic E-state index is 13.5. The van der Waals surface area contributed by atoms with Crippen molar-refractivity contribution < 1.29 is 9.13 Å². The predicted octanol–water partition coefficient (Wildman–Crippen LogP) is 3.51. The van der Waals surface area contributed by atoms with E-state index in [0.717, 1.165) is 0 Å². The quantitative estimate of drug-likeness (QED) is 0.873. The van der Waals surface area contributed by atoms with Crippen molar-refractivity contribution in [2.24, 2.45) is 0 Å². The molecule has 0 aliphatic carbocycles. The third-order valence-corrected chi connectivity index (χ3v) is 2.76. The van der Waals surface area contributed by atoms with Gasteiger partial charge in [0.05, 0.1) is 17.3 Å². The molecule has 2 aromatic carbocycles. The van der Waals surface area contributed by atoms with Gasteiger partial charge >= 0.3 is 0 Å². The normalized spacial score (nSPS) is 9.95. The van der Waals surface area contributed by atoms with Crippen LogP contribution in [0.25, 0.3) is 0 Å². The van der Waals surface area contributed by atoms with Gasteiger partial charge in [0.1, 0.15) is 18.2 Å². The van der Waals surface area contributed by atoms with E-state index >= 15 is 0 Å². The Morgan fingerprint density at radius 1 is 1.26 bits per heavy atom. The van der Waals surface area contributed by atoms with Gasteiger partial charge in [-0.05, 0) is 36.4 Å². The van der Waals surface area contributed by atoms with E-state index in [2.05, 4.69) is 0 Å². The Bertz CT molecular complexity index is 652. The number of anilines is 1. The molecule has 0 amide bonds. The number of nitrogens with zero attached hydrogens (tertiary/aromatic N) is 1. The molecule has 0 saturated carbocycles. The number of halogens is 2. The molecule has 2 rings (SSSR count). The van der Waals surface area contributed by atoms with Crippen LogP contribution in [0.3, 0.4) is 0 Å². The first-order chi connectivity index (χ1) is 9.10. The van der Waals surface area contributed by atoms with E-state index in [1.807, 2.05) is 6.07 Å². The summed E-state index contributed by atoms with van der Waals surface area (Å²) in [4.78, 5) is 0. The van der Waals surface area contributed by atoms with Crippen LogP contribution in [-0.2, 0) is 6.61 Å². The second kappa shape index (κ2) is 5.59. The molecule has 0 spiro atoms. The Balaban J connectivity index is 2.15. The number of hydrogen-bond donors (Lipinski definition) is 1. The van der Waals surface area contributed by atoms with Crippen LogP contribution in [-0.4, -0.2) is 0 Å². The highest BCUT2D eigenvalue weighted by Crippen LogP contribution is 2.24. The topological polar surface area (TPSA) is 59.0 Å². The lowest BCUT2D eigenvalue weighted by atomic mass is 10.2. The SMILES string of the molecule is N#Cc1ccc(OCc2cc(Cl)ccc2F)c(N)c1. The zero-order valence-electron chi connectivity index (χ0n) is 9.86. The second-order valence-corrected chi connectivity index (χ2v) is 4.33. The Morgan fingerprint density at radius 2 is 2.05 bits per heavy atom. The standard InChI is InChI=1S/C14H10ClFN2O/c15-11-2-3-12(16)10(6-11)8-19-14-4-1-9(7-17)5-13(14)18/h1-6H,8,18H2. The summed E-state index contributed by atoms with van der Waals surface area (Å²) in [6, 6.07) is 10.9. The molecule has 0 bridgehead atoms. The van der Waals surface area contributed by atoms with Gasteiger partial charge < -0.3 is 10.5 Å². The molecule has 0 fully saturated rings. The van der Waals surface area contributed by atoms with Crippen molar-refractivity contribution in [3.63, 3.8) is 0 Å². The zero-order valence-corrected chi connectivity index (χ0v) is 10.6. The minimum atomic E-state index is -0.392. The zero-order chi connectivity index (χ0) is 13.8. The number of hydrogen-bond acceptors (Lipinski definition) is 3. The molecule has 0 aliphatic rings. The third-order valence-electron chi connectivity index (χ3n) is 2.53. The van der Waals surface area contributed by atoms with Crippen molar-refractivity contribution in [1.29, 1.82) is 5.26 Å². The van der Waals surface area contributed by atoms with Gasteiger partial charge in [-0.1, -0.05) is 11.6 Å². The molecule has 0 aromatic heterocycles. The lowest BCUT2D eigenvalue weighted by Crippen LogP contribution is -2.01. The Morgan fingerprint density at radius 3 is 2.74 bits per heavy atom. The van der Waals surface area contributed by atoms with E-state index < -0.39 is 5.82 Å². The minimum Gasteiger partial charge on any atom is -0.487 e. The minimum absolute atomic E-state index is 0.0164. The molecule has 0 aliphatic heterocycles. The molecule has 2 aromatic rings. The Hall–Kier alpha value is -2.25. The first-order valence-electron chi connectivity index (χ1n) is 5.46. The number of benzene rings is 2. The molecule has 2 N–H and O–H groups in total. The Labute approximate surface area is 115 Å². The maximum atomic E-state index is 13.5. The summed E-state index contributed by atoms with van der Waals surface area (Å²) in [7, 11) is 0. The highest BCUT2D eigenvalue weighted by molar-refractivity contribution is 6.30. The average molecular weight is 277 g/mol. The van der Waals surface area contributed by atoms with Gasteiger partial charge in [0, 0.05) is 10.6 Å². The molecule has 96 valence electrons. The van der Waals surface area contributed by atoms with Crippen molar-refractivity contribution in [2.75, 3.05) is 5.73 Å². The maximum Gasteiger partial charge on any atom is 0.142 e. The van der Waals surface area contributed by atoms with E-state index in [4.69, 9.17) is 27.3 Å². The van der Waals surface area contributed by atoms with Crippen molar-refractivity contribution in [3.8, 4) is 11.8 Å². The summed E-state index contributed by atoms with van der Waals surface area (Å²) >= 11 is 5.79. The number of nitrogen functional groups attached to an aromatic ring is 1. The summed E-state index contributed by atoms with van der Waals surface area (Å²) in [5.41, 5.74) is 6.85. The highest BCUT2D eigenvalue weighted by atomic mass is 35.5. The lowest BCUT2D eigenvalue weighted by Gasteiger charge is -2.10. The van der Waals surface area contributed by atoms with Crippen molar-refractivity contribution in [3.05, 3.63) is 58.4 Å². The summed E-state index contributed by atoms with van der Waals surface area (Å²) < 4.78 is 18.9. The predicted molar refractivity (Wildman–Crippen MR) is 71.3 cm³/mol. The average Bonchev–Trinajstić information content (AvgIpc) is 2.40. The van der Waals surface area contributed by atoms with Crippen molar-refractivity contribution in [1.82, 2.24) is 0 Å². The van der Waals surface area contributed by atoms with Gasteiger partial charge in [-0.25, -0.2) is 4.39 Å². The van der Waals surface area contributed by atoms with Gasteiger partial charge in [-0.15, -0.1) is 0 Å². The van der Waals surface area contributed by atoms with Gasteiger partial charge in [0.2, 0.25) is 0 Å². The fraction of sp³-hybridized carbons (Fsp3) is 0.0714. The van der Waals surface area contributed by atoms with Crippen LogP contribution in [0.15, 0.2) is 36.4 Å². The molecule has 0 radical (unpaired) electrons. The molecule has 0 atom stereocenters. The van der Waals surface area contributed by atoms with Crippen LogP contribution in [0.4, 0.5) is 10.1 Å². The largest absolute Gasteiger partial charge is 0.487 e. The summed E-state index contributed by atoms with van der Waals surface area (Å²) in [6.45, 7) is 0.0164. The fourth-order valence-corrected chi connectivity index (χ4v) is 1.75. The molecule has 0 unspecified atom stereocenters. The van der Waals surface area contributed by atoms with Gasteiger partial charge in [0.25, 0.3) is 0 Å². The van der Waals surface area contributed by atoms with Crippen molar-refractivity contribution >= 4 is 17.3 Å². The van der Waals surface area contributed by atoms with E-state index in [1.54, 1.807) is 12.1 Å². The summed E-state index contributed by atoms with van der Waals surface area (Å²) in [5.74, 6) is 0.00925. The van der Waals surface area contributed by atoms with Gasteiger partial charge in [0.15, 0.2) is 0 Å². The van der Waals surface area contributed by atoms with Crippen LogP contribution in [0.1, 0.15) is 11.1 Å². The van der Waals surface area contributed by atoms with E-state index in [1.165, 1.54) is 24.3 Å². The van der Waals surface area contributed by atoms with Crippen LogP contribution < -0.4 is 10.5 Å². The first kappa shape index (κ1) is 13.2. The first-order valence-corrected chi connectivity index (χ1v) is 5.84. The van der Waals surface area contributed by atoms with Crippen LogP contribution in [0, 0.1) is 17.1 Å². The van der Waals surface area contributed by atoms with Gasteiger partial charge in [-0.3, -0.25) is 0 Å². The van der Waals surface area contributed by atoms with E-state index in [0.29, 0.717) is 27.6 Å². The molecule has 0 saturated heterocycles. The number of nitrogens with two attached hydrogens (primary N) is 1. The van der Waals surface area contributed by atoms with Crippen LogP contribution in [0.5, 0.6) is 5.75 Å². The lowest BCUT2D eigenvalue weighted by molar-refractivity contribution is 0.301. The molecule has 5 heteroatoms. The summed E-state index contributed by atoms with van der Waals surface area (Å²) in [5, 5.41) is 9.15. The number of nitriles is 1. The Kier molecular flexibility index (Phi) is 3.88. The summed E-state index contributed by atoms with van der Waals surface area (Å²) in [6.07, 6.45) is 0. The molecule has 19 heavy (non-hydrogen) atoms. The number of ether oxygens (including phenoxy) is 1. The molecule has 3 nitrogen and oxygen atoms in total. The monoisotopic (exact) mass is 276 g/mol. The third kappa shape index (κ3) is 3.15. The molecular weight excluding hydrogens is 267 g/mol. The van der Waals surface area contributed by atoms with Crippen molar-refractivity contribution in [2.45, 2.75) is 6.61 Å². The number of rotatable bonds is 3. The smallest absolute Gasteiger partial charge is 0.142 e. The highest BCUT2D eigenvalue weighted by Gasteiger charge is 2.06. The van der Waals surface area contributed by atoms with E-state index in [9.17, 15) is 4.39 Å². The second-order valence-electron chi connectivity index (χ2n) is 3.89. The fourth-order valence-electron chi connectivity index (χ4n) is 1.56. The van der Waals surface area contributed by atoms with Gasteiger partial charge in [-0.2, -0.15) is 5.26 Å². The molecule has 0 heterocycles. The van der Waals surface area contributed by atoms with E-state index in [-0.39, 0.29) is 6.61 Å². The van der Waals surface area contributed by atoms with Crippen LogP contribution >= 0.6 is 11.6 Å². The molecular formula is C14H10ClFN2O. The van der Waals surface area contributed by atoms with Crippen LogP contribution in [0.2, 0.25) is 5.02 Å².